The maximum absolute atomic E-state index is 10.8. The summed E-state index contributed by atoms with van der Waals surface area (Å²) in [5, 5.41) is 14.2. The molecule has 0 radical (unpaired) electrons. The van der Waals surface area contributed by atoms with Crippen molar-refractivity contribution in [3.8, 4) is 11.5 Å². The lowest BCUT2D eigenvalue weighted by Crippen LogP contribution is -2.15. The van der Waals surface area contributed by atoms with Crippen LogP contribution in [0.25, 0.3) is 0 Å². The lowest BCUT2D eigenvalue weighted by molar-refractivity contribution is -0.384. The molecule has 2 aromatic carbocycles. The summed E-state index contributed by atoms with van der Waals surface area (Å²) in [5.74, 6) is 1.23. The second-order valence-electron chi connectivity index (χ2n) is 6.19. The molecule has 1 aromatic heterocycles. The van der Waals surface area contributed by atoms with E-state index in [0.717, 1.165) is 21.3 Å². The Morgan fingerprint density at radius 1 is 1.10 bits per heavy atom. The number of nitro groups is 1. The van der Waals surface area contributed by atoms with Crippen LogP contribution in [0, 0.1) is 10.1 Å². The Morgan fingerprint density at radius 2 is 1.90 bits per heavy atom. The molecule has 0 spiro atoms. The molecule has 0 atom stereocenters. The van der Waals surface area contributed by atoms with Crippen LogP contribution in [0.5, 0.6) is 11.5 Å². The van der Waals surface area contributed by atoms with Crippen LogP contribution >= 0.6 is 15.9 Å². The summed E-state index contributed by atoms with van der Waals surface area (Å²) in [5.41, 5.74) is 2.74. The molecule has 1 heterocycles. The lowest BCUT2D eigenvalue weighted by atomic mass is 10.1. The van der Waals surface area contributed by atoms with Gasteiger partial charge in [-0.1, -0.05) is 22.0 Å². The fourth-order valence-corrected chi connectivity index (χ4v) is 3.21. The first-order chi connectivity index (χ1) is 14.1. The van der Waals surface area contributed by atoms with Crippen LogP contribution in [0.4, 0.5) is 5.69 Å². The van der Waals surface area contributed by atoms with Crippen molar-refractivity contribution in [3.63, 3.8) is 0 Å². The number of benzene rings is 2. The molecule has 0 aliphatic heterocycles. The number of nitrogens with one attached hydrogen (secondary N) is 1. The quantitative estimate of drug-likeness (QED) is 0.372. The molecule has 1 N–H and O–H groups in total. The Bertz CT molecular complexity index is 966. The minimum atomic E-state index is -0.423. The largest absolute Gasteiger partial charge is 0.493 e. The molecule has 7 nitrogen and oxygen atoms in total. The van der Waals surface area contributed by atoms with E-state index in [1.807, 2.05) is 30.3 Å². The van der Waals surface area contributed by atoms with E-state index in [1.165, 1.54) is 12.1 Å². The van der Waals surface area contributed by atoms with E-state index in [9.17, 15) is 10.1 Å². The van der Waals surface area contributed by atoms with Gasteiger partial charge in [0.15, 0.2) is 11.5 Å². The second-order valence-corrected chi connectivity index (χ2v) is 7.05. The van der Waals surface area contributed by atoms with Crippen LogP contribution in [0.2, 0.25) is 0 Å². The highest BCUT2D eigenvalue weighted by molar-refractivity contribution is 9.10. The molecule has 8 heteroatoms. The second kappa shape index (κ2) is 9.99. The van der Waals surface area contributed by atoms with Crippen molar-refractivity contribution in [3.05, 3.63) is 92.2 Å². The zero-order chi connectivity index (χ0) is 20.6. The van der Waals surface area contributed by atoms with Gasteiger partial charge in [0, 0.05) is 41.5 Å². The molecule has 0 aliphatic rings. The molecular formula is C21H20BrN3O4. The van der Waals surface area contributed by atoms with Crippen LogP contribution in [-0.4, -0.2) is 17.0 Å². The Labute approximate surface area is 177 Å². The van der Waals surface area contributed by atoms with Gasteiger partial charge < -0.3 is 14.8 Å². The van der Waals surface area contributed by atoms with E-state index >= 15 is 0 Å². The van der Waals surface area contributed by atoms with Crippen molar-refractivity contribution in [2.75, 3.05) is 7.11 Å². The average Bonchev–Trinajstić information content (AvgIpc) is 2.74. The molecule has 0 saturated carbocycles. The zero-order valence-electron chi connectivity index (χ0n) is 15.8. The highest BCUT2D eigenvalue weighted by atomic mass is 79.9. The van der Waals surface area contributed by atoms with Crippen molar-refractivity contribution in [1.29, 1.82) is 0 Å². The molecule has 0 aliphatic carbocycles. The van der Waals surface area contributed by atoms with Crippen molar-refractivity contribution in [2.45, 2.75) is 19.7 Å². The number of nitro benzene ring substituents is 1. The average molecular weight is 458 g/mol. The number of aromatic nitrogens is 1. The molecular weight excluding hydrogens is 438 g/mol. The van der Waals surface area contributed by atoms with Crippen molar-refractivity contribution in [1.82, 2.24) is 10.3 Å². The summed E-state index contributed by atoms with van der Waals surface area (Å²) >= 11 is 3.58. The third-order valence-corrected chi connectivity index (χ3v) is 4.99. The van der Waals surface area contributed by atoms with Gasteiger partial charge in [-0.05, 0) is 42.0 Å². The maximum atomic E-state index is 10.8. The van der Waals surface area contributed by atoms with Gasteiger partial charge in [-0.15, -0.1) is 0 Å². The van der Waals surface area contributed by atoms with Crippen LogP contribution in [-0.2, 0) is 19.7 Å². The predicted molar refractivity (Wildman–Crippen MR) is 113 cm³/mol. The van der Waals surface area contributed by atoms with Crippen LogP contribution < -0.4 is 14.8 Å². The standard InChI is InChI=1S/C21H20BrN3O4/c1-28-20-10-9-19(22)18(13-23-12-16-4-2-3-11-24-16)21(20)29-14-15-5-7-17(8-6-15)25(26)27/h2-11,23H,12-14H2,1H3. The third-order valence-electron chi connectivity index (χ3n) is 4.25. The number of rotatable bonds is 9. The highest BCUT2D eigenvalue weighted by Gasteiger charge is 2.15. The van der Waals surface area contributed by atoms with E-state index in [0.29, 0.717) is 24.6 Å². The molecule has 0 unspecified atom stereocenters. The number of hydrogen-bond donors (Lipinski definition) is 1. The first kappa shape index (κ1) is 20.8. The smallest absolute Gasteiger partial charge is 0.269 e. The monoisotopic (exact) mass is 457 g/mol. The number of methoxy groups -OCH3 is 1. The number of halogens is 1. The number of nitrogens with zero attached hydrogens (tertiary/aromatic N) is 2. The number of hydrogen-bond acceptors (Lipinski definition) is 6. The topological polar surface area (TPSA) is 86.5 Å². The van der Waals surface area contributed by atoms with Gasteiger partial charge in [0.25, 0.3) is 5.69 Å². The Balaban J connectivity index is 1.73. The van der Waals surface area contributed by atoms with Crippen LogP contribution in [0.1, 0.15) is 16.8 Å². The summed E-state index contributed by atoms with van der Waals surface area (Å²) in [6.07, 6.45) is 1.76. The van der Waals surface area contributed by atoms with E-state index in [1.54, 1.807) is 25.4 Å². The first-order valence-corrected chi connectivity index (χ1v) is 9.70. The van der Waals surface area contributed by atoms with E-state index in [2.05, 4.69) is 26.2 Å². The van der Waals surface area contributed by atoms with Gasteiger partial charge in [-0.25, -0.2) is 0 Å². The molecule has 3 rings (SSSR count). The summed E-state index contributed by atoms with van der Waals surface area (Å²) < 4.78 is 12.4. The van der Waals surface area contributed by atoms with Gasteiger partial charge in [0.05, 0.1) is 17.7 Å². The SMILES string of the molecule is COc1ccc(Br)c(CNCc2ccccn2)c1OCc1ccc([N+](=O)[O-])cc1. The van der Waals surface area contributed by atoms with Crippen LogP contribution in [0.3, 0.4) is 0 Å². The molecule has 0 amide bonds. The third kappa shape index (κ3) is 5.52. The molecule has 0 saturated heterocycles. The predicted octanol–water partition coefficient (Wildman–Crippen LogP) is 4.63. The summed E-state index contributed by atoms with van der Waals surface area (Å²) in [6.45, 7) is 1.42. The fourth-order valence-electron chi connectivity index (χ4n) is 2.75. The molecule has 0 fully saturated rings. The Morgan fingerprint density at radius 3 is 2.55 bits per heavy atom. The van der Waals surface area contributed by atoms with Gasteiger partial charge in [0.1, 0.15) is 6.61 Å². The molecule has 150 valence electrons. The van der Waals surface area contributed by atoms with E-state index < -0.39 is 4.92 Å². The minimum absolute atomic E-state index is 0.0493. The summed E-state index contributed by atoms with van der Waals surface area (Å²) in [7, 11) is 1.59. The van der Waals surface area contributed by atoms with Crippen molar-refractivity contribution < 1.29 is 14.4 Å². The minimum Gasteiger partial charge on any atom is -0.493 e. The van der Waals surface area contributed by atoms with Crippen molar-refractivity contribution in [2.24, 2.45) is 0 Å². The number of ether oxygens (including phenoxy) is 2. The van der Waals surface area contributed by atoms with Crippen molar-refractivity contribution >= 4 is 21.6 Å². The maximum Gasteiger partial charge on any atom is 0.269 e. The summed E-state index contributed by atoms with van der Waals surface area (Å²) in [6, 6.07) is 15.8. The molecule has 0 bridgehead atoms. The highest BCUT2D eigenvalue weighted by Crippen LogP contribution is 2.37. The molecule has 3 aromatic rings. The van der Waals surface area contributed by atoms with Crippen LogP contribution in [0.15, 0.2) is 65.3 Å². The normalized spacial score (nSPS) is 10.6. The number of non-ortho nitro benzene ring substituents is 1. The Kier molecular flexibility index (Phi) is 7.15. The van der Waals surface area contributed by atoms with E-state index in [-0.39, 0.29) is 12.3 Å². The zero-order valence-corrected chi connectivity index (χ0v) is 17.4. The first-order valence-electron chi connectivity index (χ1n) is 8.90. The Hall–Kier alpha value is -2.97. The van der Waals surface area contributed by atoms with E-state index in [4.69, 9.17) is 9.47 Å². The van der Waals surface area contributed by atoms with Gasteiger partial charge in [-0.2, -0.15) is 0 Å². The van der Waals surface area contributed by atoms with Gasteiger partial charge in [0.2, 0.25) is 0 Å². The molecule has 29 heavy (non-hydrogen) atoms. The van der Waals surface area contributed by atoms with Gasteiger partial charge >= 0.3 is 0 Å². The summed E-state index contributed by atoms with van der Waals surface area (Å²) in [4.78, 5) is 14.7. The fraction of sp³-hybridized carbons (Fsp3) is 0.190. The number of pyridine rings is 1. The van der Waals surface area contributed by atoms with Gasteiger partial charge in [-0.3, -0.25) is 15.1 Å². The lowest BCUT2D eigenvalue weighted by Gasteiger charge is -2.17.